The van der Waals surface area contributed by atoms with Gasteiger partial charge < -0.3 is 16.0 Å². The van der Waals surface area contributed by atoms with Crippen LogP contribution in [0.4, 0.5) is 11.4 Å². The van der Waals surface area contributed by atoms with Crippen molar-refractivity contribution in [3.05, 3.63) is 23.8 Å². The molecule has 106 valence electrons. The lowest BCUT2D eigenvalue weighted by molar-refractivity contribution is 0.0956. The predicted molar refractivity (Wildman–Crippen MR) is 81.6 cm³/mol. The van der Waals surface area contributed by atoms with E-state index in [0.29, 0.717) is 23.7 Å². The van der Waals surface area contributed by atoms with Gasteiger partial charge in [-0.3, -0.25) is 4.79 Å². The van der Waals surface area contributed by atoms with Crippen molar-refractivity contribution in [1.82, 2.24) is 5.32 Å². The number of hydrogen-bond donors (Lipinski definition) is 2. The number of benzene rings is 1. The summed E-state index contributed by atoms with van der Waals surface area (Å²) in [7, 11) is 2.01. The average Bonchev–Trinajstić information content (AvgIpc) is 2.39. The maximum absolute atomic E-state index is 11.8. The Labute approximate surface area is 116 Å². The zero-order valence-corrected chi connectivity index (χ0v) is 12.4. The molecule has 0 heterocycles. The van der Waals surface area contributed by atoms with Gasteiger partial charge in [-0.1, -0.05) is 20.3 Å². The number of carbonyl (C=O) groups is 1. The number of carbonyl (C=O) groups excluding carboxylic acids is 1. The third-order valence-corrected chi connectivity index (χ3v) is 3.32. The van der Waals surface area contributed by atoms with Crippen LogP contribution in [0.15, 0.2) is 18.2 Å². The summed E-state index contributed by atoms with van der Waals surface area (Å²) in [5.74, 6) is 0.540. The second kappa shape index (κ2) is 7.02. The minimum absolute atomic E-state index is 0.0549. The summed E-state index contributed by atoms with van der Waals surface area (Å²) in [6.45, 7) is 7.85. The Kier molecular flexibility index (Phi) is 5.67. The molecule has 3 N–H and O–H groups in total. The average molecular weight is 263 g/mol. The first kappa shape index (κ1) is 15.3. The number of nitrogens with zero attached hydrogens (tertiary/aromatic N) is 1. The number of nitrogens with one attached hydrogen (secondary N) is 1. The Morgan fingerprint density at radius 2 is 2.11 bits per heavy atom. The van der Waals surface area contributed by atoms with Crippen LogP contribution in [-0.4, -0.2) is 26.0 Å². The van der Waals surface area contributed by atoms with E-state index in [0.717, 1.165) is 18.7 Å². The van der Waals surface area contributed by atoms with Crippen LogP contribution in [0.3, 0.4) is 0 Å². The van der Waals surface area contributed by atoms with Crippen LogP contribution >= 0.6 is 0 Å². The number of amides is 1. The second-order valence-corrected chi connectivity index (χ2v) is 5.03. The summed E-state index contributed by atoms with van der Waals surface area (Å²) in [6.07, 6.45) is 1.13. The first-order valence-electron chi connectivity index (χ1n) is 6.88. The minimum Gasteiger partial charge on any atom is -0.397 e. The van der Waals surface area contributed by atoms with Gasteiger partial charge in [0.2, 0.25) is 0 Å². The number of anilines is 2. The highest BCUT2D eigenvalue weighted by Gasteiger charge is 2.12. The minimum atomic E-state index is -0.0549. The summed E-state index contributed by atoms with van der Waals surface area (Å²) < 4.78 is 0. The molecule has 0 fully saturated rings. The van der Waals surface area contributed by atoms with Gasteiger partial charge in [-0.15, -0.1) is 0 Å². The number of nitrogen functional groups attached to an aromatic ring is 1. The molecule has 1 unspecified atom stereocenters. The van der Waals surface area contributed by atoms with Gasteiger partial charge in [-0.2, -0.15) is 0 Å². The van der Waals surface area contributed by atoms with E-state index in [9.17, 15) is 4.79 Å². The molecule has 1 atom stereocenters. The largest absolute Gasteiger partial charge is 0.397 e. The SMILES string of the molecule is CCNC(=O)c1ccc(N)c(N(C)CC(C)CC)c1. The van der Waals surface area contributed by atoms with Gasteiger partial charge >= 0.3 is 0 Å². The quantitative estimate of drug-likeness (QED) is 0.775. The standard InChI is InChI=1S/C15H25N3O/c1-5-11(3)10-18(4)14-9-12(7-8-13(14)16)15(19)17-6-2/h7-9,11H,5-6,10,16H2,1-4H3,(H,17,19). The van der Waals surface area contributed by atoms with E-state index < -0.39 is 0 Å². The summed E-state index contributed by atoms with van der Waals surface area (Å²) in [5, 5.41) is 2.80. The van der Waals surface area contributed by atoms with Gasteiger partial charge in [0.1, 0.15) is 0 Å². The molecule has 0 saturated heterocycles. The number of rotatable bonds is 6. The molecule has 1 aromatic rings. The molecule has 4 heteroatoms. The van der Waals surface area contributed by atoms with Gasteiger partial charge in [0.15, 0.2) is 0 Å². The molecule has 4 nitrogen and oxygen atoms in total. The molecule has 0 radical (unpaired) electrons. The monoisotopic (exact) mass is 263 g/mol. The van der Waals surface area contributed by atoms with Crippen molar-refractivity contribution in [1.29, 1.82) is 0 Å². The topological polar surface area (TPSA) is 58.4 Å². The van der Waals surface area contributed by atoms with Gasteiger partial charge in [-0.25, -0.2) is 0 Å². The van der Waals surface area contributed by atoms with Crippen LogP contribution in [0.5, 0.6) is 0 Å². The molecule has 0 aliphatic heterocycles. The van der Waals surface area contributed by atoms with Crippen LogP contribution in [0.1, 0.15) is 37.6 Å². The normalized spacial score (nSPS) is 12.0. The molecule has 0 bridgehead atoms. The van der Waals surface area contributed by atoms with Crippen molar-refractivity contribution in [3.8, 4) is 0 Å². The molecule has 1 aromatic carbocycles. The van der Waals surface area contributed by atoms with Gasteiger partial charge in [-0.05, 0) is 31.0 Å². The molecule has 1 amide bonds. The Morgan fingerprint density at radius 3 is 2.68 bits per heavy atom. The van der Waals surface area contributed by atoms with Gasteiger partial charge in [0.05, 0.1) is 11.4 Å². The maximum atomic E-state index is 11.8. The van der Waals surface area contributed by atoms with E-state index in [1.807, 2.05) is 20.0 Å². The van der Waals surface area contributed by atoms with Crippen molar-refractivity contribution in [3.63, 3.8) is 0 Å². The van der Waals surface area contributed by atoms with E-state index in [2.05, 4.69) is 24.1 Å². The van der Waals surface area contributed by atoms with Crippen LogP contribution in [0, 0.1) is 5.92 Å². The number of hydrogen-bond acceptors (Lipinski definition) is 3. The fraction of sp³-hybridized carbons (Fsp3) is 0.533. The van der Waals surface area contributed by atoms with Gasteiger partial charge in [0.25, 0.3) is 5.91 Å². The summed E-state index contributed by atoms with van der Waals surface area (Å²) in [6, 6.07) is 5.43. The van der Waals surface area contributed by atoms with Crippen LogP contribution in [0.25, 0.3) is 0 Å². The first-order valence-corrected chi connectivity index (χ1v) is 6.88. The lowest BCUT2D eigenvalue weighted by Gasteiger charge is -2.24. The van der Waals surface area contributed by atoms with Gasteiger partial charge in [0, 0.05) is 25.7 Å². The highest BCUT2D eigenvalue weighted by molar-refractivity contribution is 5.96. The highest BCUT2D eigenvalue weighted by atomic mass is 16.1. The van der Waals surface area contributed by atoms with E-state index in [1.165, 1.54) is 0 Å². The molecule has 0 aliphatic carbocycles. The van der Waals surface area contributed by atoms with Crippen molar-refractivity contribution in [2.24, 2.45) is 5.92 Å². The Hall–Kier alpha value is -1.71. The second-order valence-electron chi connectivity index (χ2n) is 5.03. The first-order chi connectivity index (χ1) is 8.99. The molecule has 19 heavy (non-hydrogen) atoms. The van der Waals surface area contributed by atoms with Crippen molar-refractivity contribution >= 4 is 17.3 Å². The molecule has 0 spiro atoms. The Bertz CT molecular complexity index is 431. The Balaban J connectivity index is 2.93. The Morgan fingerprint density at radius 1 is 1.42 bits per heavy atom. The molecule has 1 rings (SSSR count). The zero-order chi connectivity index (χ0) is 14.4. The third-order valence-electron chi connectivity index (χ3n) is 3.32. The highest BCUT2D eigenvalue weighted by Crippen LogP contribution is 2.24. The van der Waals surface area contributed by atoms with Crippen molar-refractivity contribution < 1.29 is 4.79 Å². The molecule has 0 saturated carbocycles. The molecule has 0 aromatic heterocycles. The van der Waals surface area contributed by atoms with E-state index in [-0.39, 0.29) is 5.91 Å². The lowest BCUT2D eigenvalue weighted by atomic mass is 10.1. The predicted octanol–water partition coefficient (Wildman–Crippen LogP) is 2.50. The molecule has 0 aliphatic rings. The van der Waals surface area contributed by atoms with Crippen LogP contribution in [-0.2, 0) is 0 Å². The summed E-state index contributed by atoms with van der Waals surface area (Å²) >= 11 is 0. The van der Waals surface area contributed by atoms with Crippen molar-refractivity contribution in [2.75, 3.05) is 30.8 Å². The summed E-state index contributed by atoms with van der Waals surface area (Å²) in [4.78, 5) is 14.0. The zero-order valence-electron chi connectivity index (χ0n) is 12.4. The van der Waals surface area contributed by atoms with E-state index in [4.69, 9.17) is 5.73 Å². The molecular weight excluding hydrogens is 238 g/mol. The van der Waals surface area contributed by atoms with E-state index >= 15 is 0 Å². The summed E-state index contributed by atoms with van der Waals surface area (Å²) in [5.41, 5.74) is 8.29. The fourth-order valence-electron chi connectivity index (χ4n) is 1.97. The number of nitrogens with two attached hydrogens (primary N) is 1. The third kappa shape index (κ3) is 4.16. The maximum Gasteiger partial charge on any atom is 0.251 e. The van der Waals surface area contributed by atoms with Crippen LogP contribution in [0.2, 0.25) is 0 Å². The van der Waals surface area contributed by atoms with Crippen molar-refractivity contribution in [2.45, 2.75) is 27.2 Å². The van der Waals surface area contributed by atoms with E-state index in [1.54, 1.807) is 12.1 Å². The van der Waals surface area contributed by atoms with Crippen LogP contribution < -0.4 is 16.0 Å². The lowest BCUT2D eigenvalue weighted by Crippen LogP contribution is -2.26. The molecular formula is C15H25N3O. The smallest absolute Gasteiger partial charge is 0.251 e. The fourth-order valence-corrected chi connectivity index (χ4v) is 1.97.